The second kappa shape index (κ2) is 9.47. The summed E-state index contributed by atoms with van der Waals surface area (Å²) in [5.41, 5.74) is 5.80. The third kappa shape index (κ3) is 4.70. The van der Waals surface area contributed by atoms with Crippen molar-refractivity contribution < 1.29 is 0 Å². The van der Waals surface area contributed by atoms with Crippen LogP contribution in [0, 0.1) is 0 Å². The predicted molar refractivity (Wildman–Crippen MR) is 143 cm³/mol. The SMILES string of the molecule is CSCCn1c(=O)c2cnc(Nc3ccc4c(c3)CCNC4)nc2n1-c1ccnc(C(C)(C)C)c1. The lowest BCUT2D eigenvalue weighted by Gasteiger charge is -2.19. The first-order chi connectivity index (χ1) is 16.8. The van der Waals surface area contributed by atoms with Crippen molar-refractivity contribution in [1.82, 2.24) is 29.6 Å². The van der Waals surface area contributed by atoms with E-state index in [1.165, 1.54) is 11.1 Å². The van der Waals surface area contributed by atoms with Gasteiger partial charge in [0.1, 0.15) is 5.39 Å². The van der Waals surface area contributed by atoms with Crippen LogP contribution < -0.4 is 16.2 Å². The van der Waals surface area contributed by atoms with Crippen molar-refractivity contribution in [3.63, 3.8) is 0 Å². The summed E-state index contributed by atoms with van der Waals surface area (Å²) in [6.45, 7) is 8.85. The standard InChI is InChI=1S/C26H31N7OS/c1-26(2,3)22-14-20(8-10-28-22)33-23-21(24(34)32(33)11-12-35-4)16-29-25(31-23)30-19-6-5-18-15-27-9-7-17(18)13-19/h5-6,8,10,13-14,16,27H,7,9,11-12,15H2,1-4H3,(H,29,30,31). The van der Waals surface area contributed by atoms with E-state index in [4.69, 9.17) is 4.98 Å². The molecule has 0 fully saturated rings. The van der Waals surface area contributed by atoms with Gasteiger partial charge in [-0.1, -0.05) is 26.8 Å². The highest BCUT2D eigenvalue weighted by Gasteiger charge is 2.21. The van der Waals surface area contributed by atoms with E-state index in [0.717, 1.165) is 42.3 Å². The van der Waals surface area contributed by atoms with E-state index in [0.29, 0.717) is 23.5 Å². The molecule has 9 heteroatoms. The monoisotopic (exact) mass is 489 g/mol. The van der Waals surface area contributed by atoms with Crippen LogP contribution in [0.4, 0.5) is 11.6 Å². The summed E-state index contributed by atoms with van der Waals surface area (Å²) >= 11 is 1.70. The zero-order valence-corrected chi connectivity index (χ0v) is 21.4. The van der Waals surface area contributed by atoms with Gasteiger partial charge in [-0.2, -0.15) is 16.7 Å². The fourth-order valence-electron chi connectivity index (χ4n) is 4.38. The highest BCUT2D eigenvalue weighted by Crippen LogP contribution is 2.25. The Morgan fingerprint density at radius 3 is 2.80 bits per heavy atom. The zero-order chi connectivity index (χ0) is 24.6. The molecule has 8 nitrogen and oxygen atoms in total. The van der Waals surface area contributed by atoms with E-state index in [9.17, 15) is 4.79 Å². The second-order valence-electron chi connectivity index (χ2n) is 9.85. The molecule has 4 aromatic rings. The summed E-state index contributed by atoms with van der Waals surface area (Å²) in [6.07, 6.45) is 6.47. The van der Waals surface area contributed by atoms with E-state index < -0.39 is 0 Å². The maximum atomic E-state index is 13.4. The third-order valence-electron chi connectivity index (χ3n) is 6.29. The Bertz CT molecular complexity index is 1430. The molecule has 4 heterocycles. The maximum absolute atomic E-state index is 13.4. The number of fused-ring (bicyclic) bond motifs is 2. The average Bonchev–Trinajstić information content (AvgIpc) is 3.13. The minimum absolute atomic E-state index is 0.0870. The quantitative estimate of drug-likeness (QED) is 0.423. The third-order valence-corrected chi connectivity index (χ3v) is 6.88. The van der Waals surface area contributed by atoms with Gasteiger partial charge in [0.05, 0.1) is 12.2 Å². The molecule has 182 valence electrons. The van der Waals surface area contributed by atoms with Crippen LogP contribution in [0.3, 0.4) is 0 Å². The molecule has 0 bridgehead atoms. The summed E-state index contributed by atoms with van der Waals surface area (Å²) in [7, 11) is 0. The lowest BCUT2D eigenvalue weighted by molar-refractivity contribution is 0.558. The number of hydrogen-bond donors (Lipinski definition) is 2. The Hall–Kier alpha value is -3.17. The van der Waals surface area contributed by atoms with Crippen molar-refractivity contribution in [3.8, 4) is 5.69 Å². The first-order valence-corrected chi connectivity index (χ1v) is 13.3. The minimum atomic E-state index is -0.118. The van der Waals surface area contributed by atoms with Gasteiger partial charge in [0.2, 0.25) is 5.95 Å². The maximum Gasteiger partial charge on any atom is 0.278 e. The molecule has 1 aliphatic rings. The van der Waals surface area contributed by atoms with Crippen molar-refractivity contribution in [1.29, 1.82) is 0 Å². The molecule has 0 aliphatic carbocycles. The molecule has 0 saturated carbocycles. The molecule has 0 unspecified atom stereocenters. The topological polar surface area (TPSA) is 89.7 Å². The summed E-state index contributed by atoms with van der Waals surface area (Å²) in [5, 5.41) is 7.25. The van der Waals surface area contributed by atoms with Gasteiger partial charge in [-0.15, -0.1) is 0 Å². The van der Waals surface area contributed by atoms with Crippen molar-refractivity contribution in [2.75, 3.05) is 23.9 Å². The summed E-state index contributed by atoms with van der Waals surface area (Å²) in [6, 6.07) is 10.3. The molecule has 0 amide bonds. The number of nitrogens with one attached hydrogen (secondary N) is 2. The number of thioether (sulfide) groups is 1. The minimum Gasteiger partial charge on any atom is -0.324 e. The largest absolute Gasteiger partial charge is 0.324 e. The molecule has 35 heavy (non-hydrogen) atoms. The first-order valence-electron chi connectivity index (χ1n) is 11.9. The van der Waals surface area contributed by atoms with Gasteiger partial charge in [0.15, 0.2) is 5.65 Å². The van der Waals surface area contributed by atoms with Gasteiger partial charge in [-0.3, -0.25) is 9.78 Å². The average molecular weight is 490 g/mol. The van der Waals surface area contributed by atoms with Crippen molar-refractivity contribution in [2.24, 2.45) is 0 Å². The Kier molecular flexibility index (Phi) is 6.37. The van der Waals surface area contributed by atoms with Crippen LogP contribution in [0.2, 0.25) is 0 Å². The van der Waals surface area contributed by atoms with Crippen molar-refractivity contribution >= 4 is 34.4 Å². The van der Waals surface area contributed by atoms with Crippen LogP contribution in [0.1, 0.15) is 37.6 Å². The number of anilines is 2. The van der Waals surface area contributed by atoms with E-state index in [-0.39, 0.29) is 11.0 Å². The predicted octanol–water partition coefficient (Wildman–Crippen LogP) is 4.03. The van der Waals surface area contributed by atoms with Gasteiger partial charge in [-0.25, -0.2) is 14.3 Å². The Labute approximate surface area is 209 Å². The lowest BCUT2D eigenvalue weighted by Crippen LogP contribution is -2.24. The first kappa shape index (κ1) is 23.6. The molecule has 0 radical (unpaired) electrons. The van der Waals surface area contributed by atoms with Crippen LogP contribution in [-0.4, -0.2) is 42.9 Å². The van der Waals surface area contributed by atoms with Gasteiger partial charge in [0, 0.05) is 41.5 Å². The van der Waals surface area contributed by atoms with E-state index in [1.54, 1.807) is 28.8 Å². The number of aromatic nitrogens is 5. The molecule has 0 spiro atoms. The highest BCUT2D eigenvalue weighted by molar-refractivity contribution is 7.98. The Morgan fingerprint density at radius 1 is 1.14 bits per heavy atom. The van der Waals surface area contributed by atoms with Crippen LogP contribution in [0.5, 0.6) is 0 Å². The number of rotatable bonds is 6. The number of nitrogens with zero attached hydrogens (tertiary/aromatic N) is 5. The smallest absolute Gasteiger partial charge is 0.278 e. The second-order valence-corrected chi connectivity index (χ2v) is 10.8. The molecule has 2 N–H and O–H groups in total. The Balaban J connectivity index is 1.61. The number of pyridine rings is 1. The molecule has 1 aliphatic heterocycles. The molecular formula is C26H31N7OS. The van der Waals surface area contributed by atoms with Gasteiger partial charge in [0.25, 0.3) is 5.56 Å². The van der Waals surface area contributed by atoms with E-state index in [1.807, 2.05) is 23.1 Å². The normalized spacial score (nSPS) is 13.7. The van der Waals surface area contributed by atoms with Gasteiger partial charge in [-0.05, 0) is 54.6 Å². The zero-order valence-electron chi connectivity index (χ0n) is 20.6. The van der Waals surface area contributed by atoms with Crippen molar-refractivity contribution in [2.45, 2.75) is 45.7 Å². The van der Waals surface area contributed by atoms with Crippen LogP contribution in [-0.2, 0) is 24.9 Å². The lowest BCUT2D eigenvalue weighted by atomic mass is 9.91. The summed E-state index contributed by atoms with van der Waals surface area (Å²) < 4.78 is 3.67. The fourth-order valence-corrected chi connectivity index (χ4v) is 4.73. The van der Waals surface area contributed by atoms with Crippen molar-refractivity contribution in [3.05, 3.63) is 69.9 Å². The highest BCUT2D eigenvalue weighted by atomic mass is 32.2. The molecule has 1 aromatic carbocycles. The molecule has 0 atom stereocenters. The van der Waals surface area contributed by atoms with Crippen LogP contribution >= 0.6 is 11.8 Å². The van der Waals surface area contributed by atoms with Gasteiger partial charge < -0.3 is 10.6 Å². The van der Waals surface area contributed by atoms with Crippen LogP contribution in [0.25, 0.3) is 16.7 Å². The molecule has 5 rings (SSSR count). The molecule has 3 aromatic heterocycles. The fraction of sp³-hybridized carbons (Fsp3) is 0.385. The summed E-state index contributed by atoms with van der Waals surface area (Å²) in [5.74, 6) is 1.28. The van der Waals surface area contributed by atoms with E-state index in [2.05, 4.69) is 59.6 Å². The van der Waals surface area contributed by atoms with Gasteiger partial charge >= 0.3 is 0 Å². The summed E-state index contributed by atoms with van der Waals surface area (Å²) in [4.78, 5) is 27.2. The van der Waals surface area contributed by atoms with E-state index >= 15 is 0 Å². The molecular weight excluding hydrogens is 458 g/mol. The number of hydrogen-bond acceptors (Lipinski definition) is 7. The Morgan fingerprint density at radius 2 is 2.00 bits per heavy atom. The number of benzene rings is 1. The molecule has 0 saturated heterocycles. The van der Waals surface area contributed by atoms with Crippen LogP contribution in [0.15, 0.2) is 47.5 Å².